The van der Waals surface area contributed by atoms with Crippen LogP contribution in [0.2, 0.25) is 10.0 Å². The van der Waals surface area contributed by atoms with Gasteiger partial charge >= 0.3 is 0 Å². The first-order chi connectivity index (χ1) is 17.4. The zero-order valence-electron chi connectivity index (χ0n) is 19.4. The zero-order valence-corrected chi connectivity index (χ0v) is 23.3. The molecule has 36 heavy (non-hydrogen) atoms. The van der Waals surface area contributed by atoms with Crippen molar-refractivity contribution in [1.29, 1.82) is 0 Å². The highest BCUT2D eigenvalue weighted by Crippen LogP contribution is 2.36. The molecule has 1 fully saturated rings. The van der Waals surface area contributed by atoms with E-state index in [1.165, 1.54) is 11.8 Å². The summed E-state index contributed by atoms with van der Waals surface area (Å²) in [6.45, 7) is 1.33. The Balaban J connectivity index is 1.62. The number of halogens is 3. The molecule has 3 aromatic rings. The summed E-state index contributed by atoms with van der Waals surface area (Å²) >= 11 is 17.2. The first-order valence-electron chi connectivity index (χ1n) is 11.1. The average Bonchev–Trinajstić information content (AvgIpc) is 3.14. The maximum absolute atomic E-state index is 13.4. The molecule has 4 rings (SSSR count). The number of carbonyl (C=O) groups is 1. The molecular weight excluding hydrogens is 583 g/mol. The van der Waals surface area contributed by atoms with Crippen LogP contribution < -0.4 is 4.74 Å². The molecule has 1 heterocycles. The van der Waals surface area contributed by atoms with Crippen LogP contribution in [0.4, 0.5) is 5.69 Å². The molecular formula is C27H23BrCl2N2O3S. The summed E-state index contributed by atoms with van der Waals surface area (Å²) in [5.74, 6) is 0.530. The highest BCUT2D eigenvalue weighted by molar-refractivity contribution is 9.10. The number of nitrogens with zero attached hydrogens (tertiary/aromatic N) is 2. The van der Waals surface area contributed by atoms with E-state index >= 15 is 0 Å². The smallest absolute Gasteiger partial charge is 0.266 e. The third-order valence-corrected chi connectivity index (χ3v) is 7.34. The first-order valence-corrected chi connectivity index (χ1v) is 13.5. The third kappa shape index (κ3) is 6.93. The van der Waals surface area contributed by atoms with E-state index in [1.807, 2.05) is 60.7 Å². The number of rotatable bonds is 9. The van der Waals surface area contributed by atoms with Gasteiger partial charge in [0.25, 0.3) is 5.91 Å². The van der Waals surface area contributed by atoms with Crippen molar-refractivity contribution in [1.82, 2.24) is 4.90 Å². The van der Waals surface area contributed by atoms with Crippen LogP contribution in [0.5, 0.6) is 5.75 Å². The predicted octanol–water partition coefficient (Wildman–Crippen LogP) is 7.98. The molecule has 186 valence electrons. The molecule has 0 aromatic heterocycles. The Hall–Kier alpha value is -2.29. The monoisotopic (exact) mass is 604 g/mol. The molecule has 0 atom stereocenters. The van der Waals surface area contributed by atoms with Crippen molar-refractivity contribution in [2.24, 2.45) is 4.99 Å². The fourth-order valence-corrected chi connectivity index (χ4v) is 5.32. The van der Waals surface area contributed by atoms with Crippen molar-refractivity contribution in [2.45, 2.75) is 13.0 Å². The van der Waals surface area contributed by atoms with E-state index in [-0.39, 0.29) is 12.5 Å². The maximum Gasteiger partial charge on any atom is 0.266 e. The van der Waals surface area contributed by atoms with E-state index in [9.17, 15) is 4.79 Å². The Kier molecular flexibility index (Phi) is 9.51. The molecule has 3 aromatic carbocycles. The minimum Gasteiger partial charge on any atom is -0.488 e. The fourth-order valence-electron chi connectivity index (χ4n) is 3.47. The summed E-state index contributed by atoms with van der Waals surface area (Å²) in [6, 6.07) is 20.6. The first kappa shape index (κ1) is 26.8. The van der Waals surface area contributed by atoms with Gasteiger partial charge in [0.15, 0.2) is 5.17 Å². The lowest BCUT2D eigenvalue weighted by Crippen LogP contribution is -2.30. The molecule has 0 bridgehead atoms. The number of ether oxygens (including phenoxy) is 2. The fraction of sp³-hybridized carbons (Fsp3) is 0.185. The molecule has 1 saturated heterocycles. The van der Waals surface area contributed by atoms with Crippen molar-refractivity contribution < 1.29 is 14.3 Å². The van der Waals surface area contributed by atoms with Gasteiger partial charge in [0, 0.05) is 45.9 Å². The van der Waals surface area contributed by atoms with Crippen molar-refractivity contribution in [2.75, 3.05) is 20.3 Å². The summed E-state index contributed by atoms with van der Waals surface area (Å²) in [6.07, 6.45) is 2.55. The van der Waals surface area contributed by atoms with Crippen LogP contribution in [0.3, 0.4) is 0 Å². The molecule has 0 spiro atoms. The number of benzene rings is 3. The lowest BCUT2D eigenvalue weighted by molar-refractivity contribution is -0.122. The lowest BCUT2D eigenvalue weighted by Gasteiger charge is -2.15. The van der Waals surface area contributed by atoms with Crippen molar-refractivity contribution in [3.8, 4) is 5.75 Å². The van der Waals surface area contributed by atoms with Crippen molar-refractivity contribution in [3.05, 3.63) is 97.3 Å². The highest BCUT2D eigenvalue weighted by atomic mass is 79.9. The van der Waals surface area contributed by atoms with E-state index in [0.29, 0.717) is 45.4 Å². The van der Waals surface area contributed by atoms with Gasteiger partial charge in [0.2, 0.25) is 0 Å². The Morgan fingerprint density at radius 2 is 1.89 bits per heavy atom. The Bertz CT molecular complexity index is 1300. The van der Waals surface area contributed by atoms with Crippen molar-refractivity contribution >= 4 is 73.7 Å². The van der Waals surface area contributed by atoms with Crippen LogP contribution in [0, 0.1) is 0 Å². The quantitative estimate of drug-likeness (QED) is 0.183. The number of para-hydroxylation sites is 1. The van der Waals surface area contributed by atoms with Gasteiger partial charge in [-0.05, 0) is 66.7 Å². The van der Waals surface area contributed by atoms with Gasteiger partial charge in [-0.15, -0.1) is 0 Å². The molecule has 0 saturated carbocycles. The van der Waals surface area contributed by atoms with Crippen LogP contribution in [-0.4, -0.2) is 36.2 Å². The molecule has 1 aliphatic heterocycles. The highest BCUT2D eigenvalue weighted by Gasteiger charge is 2.33. The van der Waals surface area contributed by atoms with Crippen LogP contribution in [0.15, 0.2) is 81.1 Å². The van der Waals surface area contributed by atoms with Crippen LogP contribution in [0.25, 0.3) is 6.08 Å². The van der Waals surface area contributed by atoms with Gasteiger partial charge in [-0.25, -0.2) is 4.99 Å². The van der Waals surface area contributed by atoms with E-state index in [0.717, 1.165) is 21.3 Å². The summed E-state index contributed by atoms with van der Waals surface area (Å²) in [4.78, 5) is 20.4. The second-order valence-electron chi connectivity index (χ2n) is 7.85. The topological polar surface area (TPSA) is 51.1 Å². The number of methoxy groups -OCH3 is 1. The standard InChI is InChI=1S/C27H23BrCl2N2O3S/c1-34-13-5-12-32-26(33)25(36-27(32)31-22-6-3-2-4-7-22)15-19-14-20(28)9-11-24(19)35-17-18-8-10-21(29)16-23(18)30/h2-4,6-11,14-16H,5,12-13,17H2,1H3/b25-15-,31-27?. The molecule has 0 aliphatic carbocycles. The van der Waals surface area contributed by atoms with Gasteiger partial charge in [-0.3, -0.25) is 9.69 Å². The number of aliphatic imine (C=N–C) groups is 1. The number of amides is 1. The summed E-state index contributed by atoms with van der Waals surface area (Å²) in [5.41, 5.74) is 2.37. The second-order valence-corrected chi connectivity index (χ2v) is 10.6. The molecule has 0 unspecified atom stereocenters. The molecule has 1 aliphatic rings. The molecule has 9 heteroatoms. The van der Waals surface area contributed by atoms with E-state index in [1.54, 1.807) is 24.1 Å². The number of hydrogen-bond donors (Lipinski definition) is 0. The van der Waals surface area contributed by atoms with Gasteiger partial charge in [-0.2, -0.15) is 0 Å². The number of thioether (sulfide) groups is 1. The van der Waals surface area contributed by atoms with Crippen LogP contribution in [-0.2, 0) is 16.1 Å². The van der Waals surface area contributed by atoms with E-state index in [4.69, 9.17) is 37.7 Å². The molecule has 0 N–H and O–H groups in total. The molecule has 0 radical (unpaired) electrons. The van der Waals surface area contributed by atoms with Crippen LogP contribution in [0.1, 0.15) is 17.5 Å². The zero-order chi connectivity index (χ0) is 25.5. The summed E-state index contributed by atoms with van der Waals surface area (Å²) < 4.78 is 12.2. The van der Waals surface area contributed by atoms with Crippen LogP contribution >= 0.6 is 50.9 Å². The maximum atomic E-state index is 13.4. The Morgan fingerprint density at radius 1 is 1.08 bits per heavy atom. The largest absolute Gasteiger partial charge is 0.488 e. The van der Waals surface area contributed by atoms with E-state index in [2.05, 4.69) is 15.9 Å². The SMILES string of the molecule is COCCCN1C(=O)/C(=C/c2cc(Br)ccc2OCc2ccc(Cl)cc2Cl)SC1=Nc1ccccc1. The second kappa shape index (κ2) is 12.8. The third-order valence-electron chi connectivity index (χ3n) is 5.26. The predicted molar refractivity (Wildman–Crippen MR) is 152 cm³/mol. The summed E-state index contributed by atoms with van der Waals surface area (Å²) in [7, 11) is 1.65. The van der Waals surface area contributed by atoms with E-state index < -0.39 is 0 Å². The normalized spacial score (nSPS) is 15.8. The number of amidine groups is 1. The number of carbonyl (C=O) groups excluding carboxylic acids is 1. The minimum atomic E-state index is -0.0996. The Labute approximate surface area is 233 Å². The minimum absolute atomic E-state index is 0.0996. The number of hydrogen-bond acceptors (Lipinski definition) is 5. The molecule has 5 nitrogen and oxygen atoms in total. The van der Waals surface area contributed by atoms with Gasteiger partial charge in [0.05, 0.1) is 10.6 Å². The lowest BCUT2D eigenvalue weighted by atomic mass is 10.1. The van der Waals surface area contributed by atoms with Gasteiger partial charge < -0.3 is 9.47 Å². The molecule has 1 amide bonds. The van der Waals surface area contributed by atoms with Gasteiger partial charge in [0.1, 0.15) is 12.4 Å². The summed E-state index contributed by atoms with van der Waals surface area (Å²) in [5, 5.41) is 1.74. The Morgan fingerprint density at radius 3 is 2.64 bits per heavy atom. The van der Waals surface area contributed by atoms with Crippen molar-refractivity contribution in [3.63, 3.8) is 0 Å². The average molecular weight is 606 g/mol. The van der Waals surface area contributed by atoms with Gasteiger partial charge in [-0.1, -0.05) is 63.4 Å².